The molecule has 3 amide bonds. The number of thiophene rings is 1. The molecule has 1 aliphatic rings. The minimum atomic E-state index is -1.06. The van der Waals surface area contributed by atoms with E-state index in [0.717, 1.165) is 28.4 Å². The molecule has 0 spiro atoms. The first-order chi connectivity index (χ1) is 15.8. The van der Waals surface area contributed by atoms with E-state index in [9.17, 15) is 28.0 Å². The summed E-state index contributed by atoms with van der Waals surface area (Å²) in [7, 11) is 0. The molecule has 1 aromatic heterocycles. The minimum Gasteiger partial charge on any atom is -0.462 e. The molecule has 0 radical (unpaired) electrons. The van der Waals surface area contributed by atoms with Crippen LogP contribution in [0.25, 0.3) is 0 Å². The molecule has 0 bridgehead atoms. The maximum absolute atomic E-state index is 14.0. The number of carbonyl (C=O) groups excluding carboxylic acids is 4. The van der Waals surface area contributed by atoms with Gasteiger partial charge in [-0.1, -0.05) is 12.1 Å². The van der Waals surface area contributed by atoms with Crippen molar-refractivity contribution in [2.24, 2.45) is 0 Å². The second kappa shape index (κ2) is 8.91. The lowest BCUT2D eigenvalue weighted by Gasteiger charge is -2.12. The van der Waals surface area contributed by atoms with Crippen LogP contribution in [0.1, 0.15) is 53.2 Å². The summed E-state index contributed by atoms with van der Waals surface area (Å²) in [6.45, 7) is 1.54. The highest BCUT2D eigenvalue weighted by molar-refractivity contribution is 7.16. The van der Waals surface area contributed by atoms with Gasteiger partial charge in [-0.3, -0.25) is 19.3 Å². The topological polar surface area (TPSA) is 92.8 Å². The lowest BCUT2D eigenvalue weighted by atomic mass is 10.1. The van der Waals surface area contributed by atoms with E-state index in [1.165, 1.54) is 6.07 Å². The summed E-state index contributed by atoms with van der Waals surface area (Å²) in [5.74, 6) is -4.48. The van der Waals surface area contributed by atoms with Gasteiger partial charge in [0.25, 0.3) is 17.7 Å². The first-order valence-corrected chi connectivity index (χ1v) is 10.6. The number of ether oxygens (including phenoxy) is 1. The molecule has 33 heavy (non-hydrogen) atoms. The van der Waals surface area contributed by atoms with Crippen LogP contribution >= 0.6 is 11.3 Å². The van der Waals surface area contributed by atoms with Crippen molar-refractivity contribution >= 4 is 40.0 Å². The number of benzene rings is 2. The largest absolute Gasteiger partial charge is 0.462 e. The summed E-state index contributed by atoms with van der Waals surface area (Å²) < 4.78 is 32.2. The van der Waals surface area contributed by atoms with E-state index in [-0.39, 0.29) is 34.8 Å². The molecule has 0 unspecified atom stereocenters. The summed E-state index contributed by atoms with van der Waals surface area (Å²) >= 11 is 0.940. The SMILES string of the molecule is CCOC(=O)c1cc(CN2C(=O)c3ccccc3C2=O)sc1NC(=O)c1ccc(F)cc1F. The van der Waals surface area contributed by atoms with Crippen molar-refractivity contribution in [3.8, 4) is 0 Å². The first kappa shape index (κ1) is 22.3. The van der Waals surface area contributed by atoms with Crippen LogP contribution in [0.2, 0.25) is 0 Å². The monoisotopic (exact) mass is 470 g/mol. The van der Waals surface area contributed by atoms with Gasteiger partial charge in [0.1, 0.15) is 16.6 Å². The van der Waals surface area contributed by atoms with Crippen LogP contribution in [0.15, 0.2) is 48.5 Å². The zero-order valence-electron chi connectivity index (χ0n) is 17.2. The van der Waals surface area contributed by atoms with Crippen molar-refractivity contribution in [1.82, 2.24) is 4.90 Å². The van der Waals surface area contributed by atoms with Crippen LogP contribution < -0.4 is 5.32 Å². The maximum Gasteiger partial charge on any atom is 0.341 e. The zero-order valence-corrected chi connectivity index (χ0v) is 18.0. The van der Waals surface area contributed by atoms with Gasteiger partial charge in [-0.15, -0.1) is 11.3 Å². The normalized spacial score (nSPS) is 12.6. The Morgan fingerprint density at radius 2 is 1.67 bits per heavy atom. The van der Waals surface area contributed by atoms with E-state index in [0.29, 0.717) is 10.9 Å². The van der Waals surface area contributed by atoms with Crippen molar-refractivity contribution in [1.29, 1.82) is 0 Å². The summed E-state index contributed by atoms with van der Waals surface area (Å²) in [4.78, 5) is 51.7. The van der Waals surface area contributed by atoms with Gasteiger partial charge in [0.05, 0.1) is 35.4 Å². The first-order valence-electron chi connectivity index (χ1n) is 9.81. The van der Waals surface area contributed by atoms with Crippen molar-refractivity contribution in [2.75, 3.05) is 11.9 Å². The van der Waals surface area contributed by atoms with Crippen LogP contribution in [0.4, 0.5) is 13.8 Å². The van der Waals surface area contributed by atoms with Gasteiger partial charge < -0.3 is 10.1 Å². The van der Waals surface area contributed by atoms with Crippen LogP contribution in [0, 0.1) is 11.6 Å². The Morgan fingerprint density at radius 3 is 2.27 bits per heavy atom. The molecule has 10 heteroatoms. The molecule has 1 aliphatic heterocycles. The van der Waals surface area contributed by atoms with Crippen LogP contribution in [-0.2, 0) is 11.3 Å². The number of anilines is 1. The van der Waals surface area contributed by atoms with Crippen LogP contribution in [0.5, 0.6) is 0 Å². The number of rotatable bonds is 6. The number of nitrogens with zero attached hydrogens (tertiary/aromatic N) is 1. The molecule has 7 nitrogen and oxygen atoms in total. The Labute approximate surface area is 190 Å². The number of esters is 1. The number of nitrogens with one attached hydrogen (secondary N) is 1. The molecular formula is C23H16F2N2O5S. The Hall–Kier alpha value is -3.92. The average molecular weight is 470 g/mol. The van der Waals surface area contributed by atoms with Gasteiger partial charge in [0.2, 0.25) is 0 Å². The molecule has 1 N–H and O–H groups in total. The maximum atomic E-state index is 14.0. The van der Waals surface area contributed by atoms with Gasteiger partial charge >= 0.3 is 5.97 Å². The second-order valence-electron chi connectivity index (χ2n) is 7.00. The molecule has 2 aromatic carbocycles. The van der Waals surface area contributed by atoms with Gasteiger partial charge in [-0.05, 0) is 37.3 Å². The number of carbonyl (C=O) groups is 4. The molecular weight excluding hydrogens is 454 g/mol. The fourth-order valence-electron chi connectivity index (χ4n) is 3.36. The molecule has 0 fully saturated rings. The van der Waals surface area contributed by atoms with E-state index < -0.39 is 40.9 Å². The molecule has 3 aromatic rings. The third-order valence-electron chi connectivity index (χ3n) is 4.87. The highest BCUT2D eigenvalue weighted by Crippen LogP contribution is 2.33. The van der Waals surface area contributed by atoms with Crippen molar-refractivity contribution in [2.45, 2.75) is 13.5 Å². The number of fused-ring (bicyclic) bond motifs is 1. The Morgan fingerprint density at radius 1 is 1.00 bits per heavy atom. The number of halogens is 2. The Balaban J connectivity index is 1.62. The quantitative estimate of drug-likeness (QED) is 0.430. The average Bonchev–Trinajstić information content (AvgIpc) is 3.28. The van der Waals surface area contributed by atoms with E-state index >= 15 is 0 Å². The van der Waals surface area contributed by atoms with E-state index in [1.807, 2.05) is 0 Å². The third-order valence-corrected chi connectivity index (χ3v) is 5.91. The molecule has 0 saturated heterocycles. The lowest BCUT2D eigenvalue weighted by Crippen LogP contribution is -2.28. The fraction of sp³-hybridized carbons (Fsp3) is 0.130. The lowest BCUT2D eigenvalue weighted by molar-refractivity contribution is 0.0527. The zero-order chi connectivity index (χ0) is 23.7. The van der Waals surface area contributed by atoms with E-state index in [4.69, 9.17) is 4.74 Å². The van der Waals surface area contributed by atoms with Crippen molar-refractivity contribution in [3.63, 3.8) is 0 Å². The summed E-state index contributed by atoms with van der Waals surface area (Å²) in [6.07, 6.45) is 0. The van der Waals surface area contributed by atoms with E-state index in [1.54, 1.807) is 31.2 Å². The van der Waals surface area contributed by atoms with Crippen LogP contribution in [-0.4, -0.2) is 35.2 Å². The van der Waals surface area contributed by atoms with E-state index in [2.05, 4.69) is 5.32 Å². The summed E-state index contributed by atoms with van der Waals surface area (Å²) in [5.41, 5.74) is 0.140. The molecule has 2 heterocycles. The summed E-state index contributed by atoms with van der Waals surface area (Å²) in [5, 5.41) is 2.49. The predicted octanol–water partition coefficient (Wildman–Crippen LogP) is 4.25. The highest BCUT2D eigenvalue weighted by Gasteiger charge is 2.35. The van der Waals surface area contributed by atoms with Gasteiger partial charge in [-0.25, -0.2) is 13.6 Å². The smallest absolute Gasteiger partial charge is 0.341 e. The fourth-order valence-corrected chi connectivity index (χ4v) is 4.38. The number of hydrogen-bond acceptors (Lipinski definition) is 6. The van der Waals surface area contributed by atoms with Gasteiger partial charge in [0.15, 0.2) is 0 Å². The van der Waals surface area contributed by atoms with Crippen molar-refractivity contribution in [3.05, 3.63) is 87.3 Å². The Bertz CT molecular complexity index is 1270. The van der Waals surface area contributed by atoms with Gasteiger partial charge in [-0.2, -0.15) is 0 Å². The number of hydrogen-bond donors (Lipinski definition) is 1. The number of amides is 3. The molecule has 168 valence electrons. The van der Waals surface area contributed by atoms with Crippen molar-refractivity contribution < 1.29 is 32.7 Å². The second-order valence-corrected chi connectivity index (χ2v) is 8.13. The minimum absolute atomic E-state index is 0.00988. The highest BCUT2D eigenvalue weighted by atomic mass is 32.1. The van der Waals surface area contributed by atoms with Gasteiger partial charge in [0, 0.05) is 10.9 Å². The molecule has 0 atom stereocenters. The standard InChI is InChI=1S/C23H16F2N2O5S/c1-2-32-23(31)17-10-13(11-27-21(29)14-5-3-4-6-15(14)22(27)30)33-20(17)26-19(28)16-8-7-12(24)9-18(16)25/h3-10H,2,11H2,1H3,(H,26,28). The number of imide groups is 1. The summed E-state index contributed by atoms with van der Waals surface area (Å²) in [6, 6.07) is 10.3. The van der Waals surface area contributed by atoms with Crippen LogP contribution in [0.3, 0.4) is 0 Å². The Kier molecular flexibility index (Phi) is 6.01. The molecule has 0 saturated carbocycles. The molecule has 0 aliphatic carbocycles. The predicted molar refractivity (Wildman–Crippen MR) is 115 cm³/mol. The third kappa shape index (κ3) is 4.24. The molecule has 4 rings (SSSR count).